The van der Waals surface area contributed by atoms with Gasteiger partial charge in [-0.1, -0.05) is 6.92 Å². The molecular formula is C14H27N3O2. The number of nitrogens with two attached hydrogens (primary N) is 1. The molecule has 2 rings (SSSR count). The predicted molar refractivity (Wildman–Crippen MR) is 74.8 cm³/mol. The van der Waals surface area contributed by atoms with Crippen molar-refractivity contribution in [2.24, 2.45) is 11.7 Å². The minimum atomic E-state index is -0.274. The lowest BCUT2D eigenvalue weighted by Gasteiger charge is -2.31. The standard InChI is InChI=1S/C14H27N3O2/c1-2-17-7-5-11(6-8-17)10-16-14(18)13-4-3-12(9-15)19-13/h11-13H,2-10,15H2,1H3,(H,16,18). The van der Waals surface area contributed by atoms with Crippen LogP contribution >= 0.6 is 0 Å². The maximum atomic E-state index is 12.0. The van der Waals surface area contributed by atoms with Gasteiger partial charge in [0.1, 0.15) is 6.10 Å². The van der Waals surface area contributed by atoms with Crippen LogP contribution in [0.15, 0.2) is 0 Å². The zero-order chi connectivity index (χ0) is 13.7. The second-order valence-electron chi connectivity index (χ2n) is 5.68. The van der Waals surface area contributed by atoms with Gasteiger partial charge in [0, 0.05) is 13.1 Å². The summed E-state index contributed by atoms with van der Waals surface area (Å²) in [6, 6.07) is 0. The second-order valence-corrected chi connectivity index (χ2v) is 5.68. The highest BCUT2D eigenvalue weighted by Crippen LogP contribution is 2.20. The lowest BCUT2D eigenvalue weighted by Crippen LogP contribution is -2.41. The van der Waals surface area contributed by atoms with Crippen LogP contribution < -0.4 is 11.1 Å². The number of hydrogen-bond donors (Lipinski definition) is 2. The van der Waals surface area contributed by atoms with E-state index in [2.05, 4.69) is 17.1 Å². The molecule has 2 unspecified atom stereocenters. The van der Waals surface area contributed by atoms with Gasteiger partial charge >= 0.3 is 0 Å². The number of piperidine rings is 1. The van der Waals surface area contributed by atoms with Crippen LogP contribution in [0, 0.1) is 5.92 Å². The van der Waals surface area contributed by atoms with Gasteiger partial charge in [0.15, 0.2) is 0 Å². The van der Waals surface area contributed by atoms with E-state index in [1.54, 1.807) is 0 Å². The number of nitrogens with zero attached hydrogens (tertiary/aromatic N) is 1. The highest BCUT2D eigenvalue weighted by molar-refractivity contribution is 5.81. The molecule has 2 saturated heterocycles. The number of rotatable bonds is 5. The summed E-state index contributed by atoms with van der Waals surface area (Å²) >= 11 is 0. The van der Waals surface area contributed by atoms with E-state index < -0.39 is 0 Å². The number of nitrogens with one attached hydrogen (secondary N) is 1. The van der Waals surface area contributed by atoms with Crippen LogP contribution in [0.4, 0.5) is 0 Å². The molecule has 0 aromatic rings. The molecule has 0 aromatic heterocycles. The number of carbonyl (C=O) groups excluding carboxylic acids is 1. The molecule has 0 aliphatic carbocycles. The van der Waals surface area contributed by atoms with E-state index in [0.29, 0.717) is 12.5 Å². The van der Waals surface area contributed by atoms with Gasteiger partial charge in [-0.25, -0.2) is 0 Å². The smallest absolute Gasteiger partial charge is 0.249 e. The third kappa shape index (κ3) is 4.16. The van der Waals surface area contributed by atoms with E-state index >= 15 is 0 Å². The number of likely N-dealkylation sites (tertiary alicyclic amines) is 1. The van der Waals surface area contributed by atoms with Crippen LogP contribution in [0.25, 0.3) is 0 Å². The first-order valence-electron chi connectivity index (χ1n) is 7.58. The summed E-state index contributed by atoms with van der Waals surface area (Å²) in [6.07, 6.45) is 3.88. The summed E-state index contributed by atoms with van der Waals surface area (Å²) in [5.41, 5.74) is 5.55. The van der Waals surface area contributed by atoms with E-state index in [1.807, 2.05) is 0 Å². The summed E-state index contributed by atoms with van der Waals surface area (Å²) in [5.74, 6) is 0.673. The van der Waals surface area contributed by atoms with E-state index in [4.69, 9.17) is 10.5 Å². The second kappa shape index (κ2) is 7.22. The monoisotopic (exact) mass is 269 g/mol. The minimum Gasteiger partial charge on any atom is -0.364 e. The van der Waals surface area contributed by atoms with Crippen LogP contribution in [-0.2, 0) is 9.53 Å². The van der Waals surface area contributed by atoms with Crippen molar-refractivity contribution >= 4 is 5.91 Å². The summed E-state index contributed by atoms with van der Waals surface area (Å²) in [4.78, 5) is 14.4. The Morgan fingerprint density at radius 1 is 1.32 bits per heavy atom. The Labute approximate surface area is 115 Å². The molecule has 1 amide bonds. The van der Waals surface area contributed by atoms with Crippen molar-refractivity contribution in [3.05, 3.63) is 0 Å². The van der Waals surface area contributed by atoms with Crippen LogP contribution in [-0.4, -0.2) is 55.7 Å². The average Bonchev–Trinajstić information content (AvgIpc) is 2.94. The van der Waals surface area contributed by atoms with Gasteiger partial charge in [-0.15, -0.1) is 0 Å². The van der Waals surface area contributed by atoms with E-state index in [-0.39, 0.29) is 18.1 Å². The fourth-order valence-corrected chi connectivity index (χ4v) is 2.94. The maximum Gasteiger partial charge on any atom is 0.249 e. The molecule has 2 heterocycles. The van der Waals surface area contributed by atoms with Crippen LogP contribution in [0.1, 0.15) is 32.6 Å². The van der Waals surface area contributed by atoms with Crippen LogP contribution in [0.3, 0.4) is 0 Å². The zero-order valence-electron chi connectivity index (χ0n) is 11.9. The molecule has 5 nitrogen and oxygen atoms in total. The third-order valence-corrected chi connectivity index (χ3v) is 4.38. The fourth-order valence-electron chi connectivity index (χ4n) is 2.94. The molecule has 2 atom stereocenters. The molecule has 110 valence electrons. The molecule has 0 spiro atoms. The first kappa shape index (κ1) is 14.8. The minimum absolute atomic E-state index is 0.0499. The number of ether oxygens (including phenoxy) is 1. The molecule has 0 radical (unpaired) electrons. The Balaban J connectivity index is 1.64. The predicted octanol–water partition coefficient (Wildman–Crippen LogP) is 0.341. The Bertz CT molecular complexity index is 290. The first-order valence-corrected chi connectivity index (χ1v) is 7.58. The Morgan fingerprint density at radius 2 is 2.05 bits per heavy atom. The summed E-state index contributed by atoms with van der Waals surface area (Å²) in [5, 5.41) is 3.05. The van der Waals surface area contributed by atoms with Gasteiger partial charge in [-0.05, 0) is 51.2 Å². The van der Waals surface area contributed by atoms with Crippen molar-refractivity contribution in [2.75, 3.05) is 32.7 Å². The number of hydrogen-bond acceptors (Lipinski definition) is 4. The average molecular weight is 269 g/mol. The van der Waals surface area contributed by atoms with Crippen LogP contribution in [0.2, 0.25) is 0 Å². The summed E-state index contributed by atoms with van der Waals surface area (Å²) in [7, 11) is 0. The first-order chi connectivity index (χ1) is 9.22. The fraction of sp³-hybridized carbons (Fsp3) is 0.929. The molecular weight excluding hydrogens is 242 g/mol. The Hall–Kier alpha value is -0.650. The van der Waals surface area contributed by atoms with Gasteiger partial charge in [-0.3, -0.25) is 4.79 Å². The lowest BCUT2D eigenvalue weighted by molar-refractivity contribution is -0.132. The topological polar surface area (TPSA) is 67.6 Å². The Morgan fingerprint density at radius 3 is 2.63 bits per heavy atom. The highest BCUT2D eigenvalue weighted by atomic mass is 16.5. The normalized spacial score (nSPS) is 29.6. The molecule has 5 heteroatoms. The van der Waals surface area contributed by atoms with Crippen molar-refractivity contribution in [2.45, 2.75) is 44.8 Å². The van der Waals surface area contributed by atoms with Crippen molar-refractivity contribution in [1.82, 2.24) is 10.2 Å². The summed E-state index contributed by atoms with van der Waals surface area (Å²) in [6.45, 7) is 6.96. The number of carbonyl (C=O) groups is 1. The quantitative estimate of drug-likeness (QED) is 0.755. The SMILES string of the molecule is CCN1CCC(CNC(=O)C2CCC(CN)O2)CC1. The van der Waals surface area contributed by atoms with Gasteiger partial charge in [0.05, 0.1) is 6.10 Å². The highest BCUT2D eigenvalue weighted by Gasteiger charge is 2.30. The van der Waals surface area contributed by atoms with Gasteiger partial charge in [0.25, 0.3) is 0 Å². The largest absolute Gasteiger partial charge is 0.364 e. The van der Waals surface area contributed by atoms with Crippen molar-refractivity contribution in [3.63, 3.8) is 0 Å². The molecule has 2 fully saturated rings. The van der Waals surface area contributed by atoms with Crippen molar-refractivity contribution < 1.29 is 9.53 Å². The van der Waals surface area contributed by atoms with Crippen LogP contribution in [0.5, 0.6) is 0 Å². The van der Waals surface area contributed by atoms with E-state index in [1.165, 1.54) is 12.8 Å². The molecule has 3 N–H and O–H groups in total. The lowest BCUT2D eigenvalue weighted by atomic mass is 9.97. The molecule has 0 saturated carbocycles. The molecule has 2 aliphatic rings. The molecule has 19 heavy (non-hydrogen) atoms. The van der Waals surface area contributed by atoms with E-state index in [9.17, 15) is 4.79 Å². The maximum absolute atomic E-state index is 12.0. The summed E-state index contributed by atoms with van der Waals surface area (Å²) < 4.78 is 5.60. The van der Waals surface area contributed by atoms with Gasteiger partial charge in [-0.2, -0.15) is 0 Å². The van der Waals surface area contributed by atoms with Crippen molar-refractivity contribution in [3.8, 4) is 0 Å². The number of amides is 1. The molecule has 0 bridgehead atoms. The van der Waals surface area contributed by atoms with Gasteiger partial charge < -0.3 is 20.7 Å². The van der Waals surface area contributed by atoms with Crippen molar-refractivity contribution in [1.29, 1.82) is 0 Å². The molecule has 2 aliphatic heterocycles. The molecule has 0 aromatic carbocycles. The third-order valence-electron chi connectivity index (χ3n) is 4.38. The van der Waals surface area contributed by atoms with Gasteiger partial charge in [0.2, 0.25) is 5.91 Å². The Kier molecular flexibility index (Phi) is 5.60. The zero-order valence-corrected chi connectivity index (χ0v) is 11.9. The van der Waals surface area contributed by atoms with E-state index in [0.717, 1.165) is 39.0 Å².